The Morgan fingerprint density at radius 1 is 1.07 bits per heavy atom. The van der Waals surface area contributed by atoms with E-state index >= 15 is 0 Å². The van der Waals surface area contributed by atoms with Crippen molar-refractivity contribution in [3.63, 3.8) is 0 Å². The highest BCUT2D eigenvalue weighted by molar-refractivity contribution is 5.69. The van der Waals surface area contributed by atoms with Crippen LogP contribution in [0.5, 0.6) is 0 Å². The van der Waals surface area contributed by atoms with Crippen molar-refractivity contribution in [3.8, 4) is 11.1 Å². The molecule has 1 amide bonds. The molecule has 1 fully saturated rings. The second-order valence-corrected chi connectivity index (χ2v) is 8.17. The largest absolute Gasteiger partial charge is 0.444 e. The summed E-state index contributed by atoms with van der Waals surface area (Å²) in [4.78, 5) is 14.7. The first-order valence-electron chi connectivity index (χ1n) is 9.77. The third kappa shape index (κ3) is 5.57. The summed E-state index contributed by atoms with van der Waals surface area (Å²) >= 11 is 0. The van der Waals surface area contributed by atoms with Gasteiger partial charge in [-0.3, -0.25) is 4.90 Å². The highest BCUT2D eigenvalue weighted by Gasteiger charge is 2.29. The molecule has 1 N–H and O–H groups in total. The summed E-state index contributed by atoms with van der Waals surface area (Å²) in [5.41, 5.74) is 3.01. The zero-order chi connectivity index (χ0) is 19.3. The number of rotatable bonds is 4. The smallest absolute Gasteiger partial charge is 0.410 e. The highest BCUT2D eigenvalue weighted by atomic mass is 16.6. The lowest BCUT2D eigenvalue weighted by atomic mass is 10.0. The standard InChI is InChI=1S/C23H30N2O2/c1-23(2,3)27-22(26)25(21-10-7-15-24-16-21)17-18-11-13-20(14-12-18)19-8-5-4-6-9-19/h4-6,8-9,11-14,21,24H,7,10,15-17H2,1-3H3/t21-/m0/s1. The molecule has 0 aromatic heterocycles. The van der Waals surface area contributed by atoms with Gasteiger partial charge in [-0.05, 0) is 56.8 Å². The Bertz CT molecular complexity index is 729. The van der Waals surface area contributed by atoms with Gasteiger partial charge in [-0.15, -0.1) is 0 Å². The number of benzene rings is 2. The molecule has 27 heavy (non-hydrogen) atoms. The maximum absolute atomic E-state index is 12.8. The average molecular weight is 367 g/mol. The number of ether oxygens (including phenoxy) is 1. The molecule has 0 saturated carbocycles. The summed E-state index contributed by atoms with van der Waals surface area (Å²) in [6.07, 6.45) is 1.86. The van der Waals surface area contributed by atoms with E-state index in [0.29, 0.717) is 6.54 Å². The first-order chi connectivity index (χ1) is 12.9. The van der Waals surface area contributed by atoms with Crippen molar-refractivity contribution in [2.75, 3.05) is 13.1 Å². The number of nitrogens with one attached hydrogen (secondary N) is 1. The summed E-state index contributed by atoms with van der Waals surface area (Å²) in [5.74, 6) is 0. The molecule has 1 saturated heterocycles. The van der Waals surface area contributed by atoms with Gasteiger partial charge < -0.3 is 10.1 Å². The SMILES string of the molecule is CC(C)(C)OC(=O)N(Cc1ccc(-c2ccccc2)cc1)[C@H]1CCCNC1. The van der Waals surface area contributed by atoms with Crippen LogP contribution in [0.15, 0.2) is 54.6 Å². The van der Waals surface area contributed by atoms with E-state index in [0.717, 1.165) is 31.5 Å². The monoisotopic (exact) mass is 366 g/mol. The van der Waals surface area contributed by atoms with E-state index in [9.17, 15) is 4.79 Å². The minimum absolute atomic E-state index is 0.169. The van der Waals surface area contributed by atoms with Crippen LogP contribution in [-0.2, 0) is 11.3 Å². The van der Waals surface area contributed by atoms with Gasteiger partial charge in [0.1, 0.15) is 5.60 Å². The summed E-state index contributed by atoms with van der Waals surface area (Å²) in [7, 11) is 0. The Morgan fingerprint density at radius 2 is 1.74 bits per heavy atom. The minimum atomic E-state index is -0.491. The topological polar surface area (TPSA) is 41.6 Å². The zero-order valence-electron chi connectivity index (χ0n) is 16.6. The average Bonchev–Trinajstić information content (AvgIpc) is 2.66. The second-order valence-electron chi connectivity index (χ2n) is 8.17. The lowest BCUT2D eigenvalue weighted by molar-refractivity contribution is 0.0114. The van der Waals surface area contributed by atoms with Gasteiger partial charge >= 0.3 is 6.09 Å². The molecule has 0 spiro atoms. The Kier molecular flexibility index (Phi) is 6.17. The number of carbonyl (C=O) groups is 1. The van der Waals surface area contributed by atoms with Crippen LogP contribution in [0.4, 0.5) is 4.79 Å². The summed E-state index contributed by atoms with van der Waals surface area (Å²) in [6.45, 7) is 8.15. The van der Waals surface area contributed by atoms with Crippen molar-refractivity contribution < 1.29 is 9.53 Å². The van der Waals surface area contributed by atoms with Crippen molar-refractivity contribution in [2.24, 2.45) is 0 Å². The molecule has 0 unspecified atom stereocenters. The third-order valence-electron chi connectivity index (χ3n) is 4.75. The lowest BCUT2D eigenvalue weighted by Gasteiger charge is -2.36. The molecule has 1 heterocycles. The molecule has 0 bridgehead atoms. The molecule has 3 rings (SSSR count). The van der Waals surface area contributed by atoms with Crippen molar-refractivity contribution >= 4 is 6.09 Å². The molecular formula is C23H30N2O2. The Hall–Kier alpha value is -2.33. The van der Waals surface area contributed by atoms with Gasteiger partial charge in [-0.25, -0.2) is 4.79 Å². The maximum Gasteiger partial charge on any atom is 0.410 e. The predicted molar refractivity (Wildman–Crippen MR) is 110 cm³/mol. The normalized spacial score (nSPS) is 17.4. The van der Waals surface area contributed by atoms with Crippen molar-refractivity contribution in [1.29, 1.82) is 0 Å². The van der Waals surface area contributed by atoms with E-state index < -0.39 is 5.60 Å². The van der Waals surface area contributed by atoms with Crippen molar-refractivity contribution in [1.82, 2.24) is 10.2 Å². The van der Waals surface area contributed by atoms with Crippen molar-refractivity contribution in [2.45, 2.75) is 51.8 Å². The fraction of sp³-hybridized carbons (Fsp3) is 0.435. The molecule has 0 aliphatic carbocycles. The maximum atomic E-state index is 12.8. The molecule has 0 radical (unpaired) electrons. The quantitative estimate of drug-likeness (QED) is 0.841. The summed E-state index contributed by atoms with van der Waals surface area (Å²) in [5, 5.41) is 3.40. The van der Waals surface area contributed by atoms with Crippen LogP contribution in [-0.4, -0.2) is 35.7 Å². The van der Waals surface area contributed by atoms with Crippen LogP contribution in [0.3, 0.4) is 0 Å². The van der Waals surface area contributed by atoms with Crippen LogP contribution < -0.4 is 5.32 Å². The van der Waals surface area contributed by atoms with Gasteiger partial charge in [0.25, 0.3) is 0 Å². The number of hydrogen-bond acceptors (Lipinski definition) is 3. The van der Waals surface area contributed by atoms with E-state index in [1.165, 1.54) is 11.1 Å². The molecular weight excluding hydrogens is 336 g/mol. The van der Waals surface area contributed by atoms with Crippen LogP contribution in [0, 0.1) is 0 Å². The predicted octanol–water partition coefficient (Wildman–Crippen LogP) is 4.84. The highest BCUT2D eigenvalue weighted by Crippen LogP contribution is 2.22. The van der Waals surface area contributed by atoms with E-state index in [-0.39, 0.29) is 12.1 Å². The van der Waals surface area contributed by atoms with Crippen LogP contribution in [0.1, 0.15) is 39.2 Å². The van der Waals surface area contributed by atoms with Gasteiger partial charge in [0.15, 0.2) is 0 Å². The summed E-state index contributed by atoms with van der Waals surface area (Å²) < 4.78 is 5.68. The van der Waals surface area contributed by atoms with Gasteiger partial charge in [-0.1, -0.05) is 54.6 Å². The number of carbonyl (C=O) groups excluding carboxylic acids is 1. The first-order valence-corrected chi connectivity index (χ1v) is 9.77. The number of nitrogens with zero attached hydrogens (tertiary/aromatic N) is 1. The van der Waals surface area contributed by atoms with E-state index in [4.69, 9.17) is 4.74 Å². The molecule has 144 valence electrons. The third-order valence-corrected chi connectivity index (χ3v) is 4.75. The van der Waals surface area contributed by atoms with E-state index in [1.807, 2.05) is 43.9 Å². The number of hydrogen-bond donors (Lipinski definition) is 1. The van der Waals surface area contributed by atoms with Gasteiger partial charge in [0, 0.05) is 19.1 Å². The summed E-state index contributed by atoms with van der Waals surface area (Å²) in [6, 6.07) is 19.0. The molecule has 4 nitrogen and oxygen atoms in total. The van der Waals surface area contributed by atoms with Gasteiger partial charge in [0.2, 0.25) is 0 Å². The molecule has 2 aromatic rings. The molecule has 4 heteroatoms. The van der Waals surface area contributed by atoms with Crippen molar-refractivity contribution in [3.05, 3.63) is 60.2 Å². The molecule has 1 aliphatic rings. The Labute approximate surface area is 162 Å². The van der Waals surface area contributed by atoms with Crippen LogP contribution >= 0.6 is 0 Å². The zero-order valence-corrected chi connectivity index (χ0v) is 16.6. The van der Waals surface area contributed by atoms with Crippen LogP contribution in [0.2, 0.25) is 0 Å². The molecule has 2 aromatic carbocycles. The second kappa shape index (κ2) is 8.57. The van der Waals surface area contributed by atoms with E-state index in [2.05, 4.69) is 41.7 Å². The lowest BCUT2D eigenvalue weighted by Crippen LogP contribution is -2.49. The molecule has 1 atom stereocenters. The van der Waals surface area contributed by atoms with Gasteiger partial charge in [0.05, 0.1) is 0 Å². The Balaban J connectivity index is 1.75. The molecule has 1 aliphatic heterocycles. The number of amides is 1. The number of piperidine rings is 1. The van der Waals surface area contributed by atoms with Crippen LogP contribution in [0.25, 0.3) is 11.1 Å². The van der Waals surface area contributed by atoms with E-state index in [1.54, 1.807) is 0 Å². The first kappa shape index (κ1) is 19.4. The van der Waals surface area contributed by atoms with Gasteiger partial charge in [-0.2, -0.15) is 0 Å². The fourth-order valence-electron chi connectivity index (χ4n) is 3.39. The Morgan fingerprint density at radius 3 is 2.33 bits per heavy atom. The minimum Gasteiger partial charge on any atom is -0.444 e. The fourth-order valence-corrected chi connectivity index (χ4v) is 3.39.